The molecule has 3 heterocycles. The standard InChI is InChI=1S/C46H51N3O6S/c1-31-19-24-38-40(25-31)47-39(33-15-10-6-11-16-33)27-43(38)55-36-26-41-42(50)29-46(45(52)48-56(53,54)37-22-23-37)28-35(46)18-12-4-2-3-9-17-34(44(51)49(41)30-36)21-20-32-13-7-5-8-14-32/h5-8,10-16,18-19,24-25,27,34-37,41H,2-4,9,17,20-23,26,28-30H2,1H3,(H,48,52)/b18-12-/t34-,35+,36-,41+,46-/m1/s1. The lowest BCUT2D eigenvalue weighted by Gasteiger charge is -2.29. The number of ketones is 1. The molecular weight excluding hydrogens is 723 g/mol. The van der Waals surface area contributed by atoms with Crippen LogP contribution in [0.2, 0.25) is 0 Å². The summed E-state index contributed by atoms with van der Waals surface area (Å²) in [5.41, 5.74) is 3.58. The van der Waals surface area contributed by atoms with Crippen molar-refractivity contribution >= 4 is 38.5 Å². The van der Waals surface area contributed by atoms with Crippen molar-refractivity contribution in [3.8, 4) is 17.0 Å². The second kappa shape index (κ2) is 16.0. The molecule has 1 N–H and O–H groups in total. The van der Waals surface area contributed by atoms with Gasteiger partial charge in [0.2, 0.25) is 21.8 Å². The summed E-state index contributed by atoms with van der Waals surface area (Å²) in [6.07, 6.45) is 10.9. The van der Waals surface area contributed by atoms with E-state index in [1.165, 1.54) is 5.56 Å². The molecule has 4 aromatic rings. The van der Waals surface area contributed by atoms with E-state index >= 15 is 0 Å². The van der Waals surface area contributed by atoms with Crippen molar-refractivity contribution in [1.82, 2.24) is 14.6 Å². The first-order chi connectivity index (χ1) is 27.1. The Kier molecular flexibility index (Phi) is 10.8. The van der Waals surface area contributed by atoms with Gasteiger partial charge in [0.1, 0.15) is 11.9 Å². The number of pyridine rings is 1. The number of aromatic nitrogens is 1. The predicted molar refractivity (Wildman–Crippen MR) is 217 cm³/mol. The van der Waals surface area contributed by atoms with E-state index in [1.54, 1.807) is 4.90 Å². The fraction of sp³-hybridized carbons (Fsp3) is 0.435. The van der Waals surface area contributed by atoms with Gasteiger partial charge < -0.3 is 9.64 Å². The Bertz CT molecular complexity index is 2240. The molecule has 292 valence electrons. The summed E-state index contributed by atoms with van der Waals surface area (Å²) >= 11 is 0. The number of carbonyl (C=O) groups excluding carboxylic acids is 3. The molecule has 3 fully saturated rings. The molecule has 3 aromatic carbocycles. The van der Waals surface area contributed by atoms with Crippen molar-refractivity contribution in [3.63, 3.8) is 0 Å². The SMILES string of the molecule is Cc1ccc2c(O[C@@H]3C[C@H]4C(=O)C[C@]5(C(=O)NS(=O)(=O)C6CC6)C[C@@H]5/C=C\CCCCC[C@H](CCc5ccccc5)C(=O)N4C3)cc(-c3ccccc3)nc2c1. The number of ether oxygens (including phenoxy) is 1. The average molecular weight is 774 g/mol. The maximum atomic E-state index is 14.8. The smallest absolute Gasteiger partial charge is 0.240 e. The quantitative estimate of drug-likeness (QED) is 0.172. The molecule has 2 saturated carbocycles. The second-order valence-corrected chi connectivity index (χ2v) is 18.4. The van der Waals surface area contributed by atoms with Crippen LogP contribution in [0.1, 0.15) is 81.8 Å². The normalized spacial score (nSPS) is 26.4. The molecule has 2 aliphatic heterocycles. The van der Waals surface area contributed by atoms with Gasteiger partial charge in [0, 0.05) is 35.8 Å². The van der Waals surface area contributed by atoms with Crippen LogP contribution in [0.15, 0.2) is 97.1 Å². The maximum Gasteiger partial charge on any atom is 0.240 e. The van der Waals surface area contributed by atoms with E-state index in [-0.39, 0.29) is 42.9 Å². The largest absolute Gasteiger partial charge is 0.488 e. The number of nitrogens with zero attached hydrogens (tertiary/aromatic N) is 2. The number of fused-ring (bicyclic) bond motifs is 3. The number of allylic oxidation sites excluding steroid dienone is 2. The summed E-state index contributed by atoms with van der Waals surface area (Å²) in [5.74, 6) is -0.778. The molecule has 2 amide bonds. The molecule has 56 heavy (non-hydrogen) atoms. The molecule has 1 saturated heterocycles. The minimum Gasteiger partial charge on any atom is -0.488 e. The highest BCUT2D eigenvalue weighted by atomic mass is 32.2. The molecule has 5 atom stereocenters. The van der Waals surface area contributed by atoms with Crippen molar-refractivity contribution in [2.45, 2.75) is 101 Å². The van der Waals surface area contributed by atoms with Gasteiger partial charge in [0.05, 0.1) is 34.5 Å². The monoisotopic (exact) mass is 773 g/mol. The molecular formula is C46H51N3O6S. The van der Waals surface area contributed by atoms with Gasteiger partial charge in [-0.3, -0.25) is 19.1 Å². The minimum absolute atomic E-state index is 0.0549. The zero-order chi connectivity index (χ0) is 38.9. The summed E-state index contributed by atoms with van der Waals surface area (Å²) in [6, 6.07) is 27.3. The van der Waals surface area contributed by atoms with Crippen molar-refractivity contribution in [2.75, 3.05) is 6.54 Å². The molecule has 8 rings (SSSR count). The van der Waals surface area contributed by atoms with Gasteiger partial charge in [-0.25, -0.2) is 13.4 Å². The van der Waals surface area contributed by atoms with Gasteiger partial charge in [-0.2, -0.15) is 0 Å². The Balaban J connectivity index is 1.12. The number of benzene rings is 3. The van der Waals surface area contributed by atoms with Crippen LogP contribution in [-0.2, 0) is 30.8 Å². The van der Waals surface area contributed by atoms with Crippen LogP contribution in [-0.4, -0.2) is 59.8 Å². The summed E-state index contributed by atoms with van der Waals surface area (Å²) in [6.45, 7) is 2.26. The van der Waals surface area contributed by atoms with E-state index < -0.39 is 38.7 Å². The summed E-state index contributed by atoms with van der Waals surface area (Å²) < 4.78 is 35.1. The predicted octanol–water partition coefficient (Wildman–Crippen LogP) is 7.90. The van der Waals surface area contributed by atoms with Gasteiger partial charge in [-0.1, -0.05) is 91.7 Å². The Labute approximate surface area is 330 Å². The number of amides is 2. The second-order valence-electron chi connectivity index (χ2n) is 16.4. The highest BCUT2D eigenvalue weighted by Crippen LogP contribution is 2.57. The van der Waals surface area contributed by atoms with Crippen LogP contribution in [0.4, 0.5) is 0 Å². The van der Waals surface area contributed by atoms with Gasteiger partial charge in [-0.15, -0.1) is 0 Å². The Morgan fingerprint density at radius 1 is 0.946 bits per heavy atom. The topological polar surface area (TPSA) is 123 Å². The number of nitrogens with one attached hydrogen (secondary N) is 1. The highest BCUT2D eigenvalue weighted by Gasteiger charge is 2.61. The Morgan fingerprint density at radius 3 is 2.48 bits per heavy atom. The highest BCUT2D eigenvalue weighted by molar-refractivity contribution is 7.90. The third kappa shape index (κ3) is 8.31. The number of hydrogen-bond acceptors (Lipinski definition) is 7. The zero-order valence-electron chi connectivity index (χ0n) is 32.1. The third-order valence-corrected chi connectivity index (χ3v) is 14.1. The molecule has 9 nitrogen and oxygen atoms in total. The molecule has 10 heteroatoms. The number of Topliss-reactive ketones (excluding diaryl/α,β-unsaturated/α-hetero) is 1. The van der Waals surface area contributed by atoms with Crippen molar-refractivity contribution in [3.05, 3.63) is 108 Å². The lowest BCUT2D eigenvalue weighted by Crippen LogP contribution is -2.46. The zero-order valence-corrected chi connectivity index (χ0v) is 32.9. The number of aryl methyl sites for hydroxylation is 2. The number of sulfonamides is 1. The van der Waals surface area contributed by atoms with Gasteiger partial charge in [0.25, 0.3) is 0 Å². The fourth-order valence-electron chi connectivity index (χ4n) is 8.73. The lowest BCUT2D eigenvalue weighted by atomic mass is 9.90. The van der Waals surface area contributed by atoms with Crippen LogP contribution in [0, 0.1) is 24.2 Å². The summed E-state index contributed by atoms with van der Waals surface area (Å²) in [4.78, 5) is 50.1. The lowest BCUT2D eigenvalue weighted by molar-refractivity contribution is -0.142. The van der Waals surface area contributed by atoms with E-state index in [9.17, 15) is 22.8 Å². The number of carbonyl (C=O) groups is 3. The van der Waals surface area contributed by atoms with E-state index in [1.807, 2.05) is 85.8 Å². The third-order valence-electron chi connectivity index (χ3n) is 12.2. The van der Waals surface area contributed by atoms with Gasteiger partial charge in [-0.05, 0) is 87.5 Å². The van der Waals surface area contributed by atoms with Crippen molar-refractivity contribution in [1.29, 1.82) is 0 Å². The molecule has 0 radical (unpaired) electrons. The van der Waals surface area contributed by atoms with Crippen LogP contribution < -0.4 is 9.46 Å². The number of rotatable bonds is 9. The molecule has 0 bridgehead atoms. The van der Waals surface area contributed by atoms with E-state index in [4.69, 9.17) is 9.72 Å². The first kappa shape index (κ1) is 38.1. The van der Waals surface area contributed by atoms with E-state index in [0.29, 0.717) is 31.4 Å². The molecule has 0 unspecified atom stereocenters. The maximum absolute atomic E-state index is 14.8. The van der Waals surface area contributed by atoms with Crippen molar-refractivity contribution < 1.29 is 27.5 Å². The fourth-order valence-corrected chi connectivity index (χ4v) is 10.1. The molecule has 0 spiro atoms. The minimum atomic E-state index is -3.81. The molecule has 1 aromatic heterocycles. The molecule has 4 aliphatic rings. The Hall–Kier alpha value is -4.83. The van der Waals surface area contributed by atoms with Crippen LogP contribution >= 0.6 is 0 Å². The van der Waals surface area contributed by atoms with E-state index in [0.717, 1.165) is 66.2 Å². The average Bonchev–Trinajstić information content (AvgIpc) is 4.12. The van der Waals surface area contributed by atoms with Gasteiger partial charge >= 0.3 is 0 Å². The van der Waals surface area contributed by atoms with Gasteiger partial charge in [0.15, 0.2) is 5.78 Å². The summed E-state index contributed by atoms with van der Waals surface area (Å²) in [7, 11) is -3.81. The number of hydrogen-bond donors (Lipinski definition) is 1. The van der Waals surface area contributed by atoms with Crippen LogP contribution in [0.3, 0.4) is 0 Å². The Morgan fingerprint density at radius 2 is 1.71 bits per heavy atom. The van der Waals surface area contributed by atoms with Crippen LogP contribution in [0.25, 0.3) is 22.2 Å². The molecule has 2 aliphatic carbocycles. The first-order valence-corrected chi connectivity index (χ1v) is 21.9. The van der Waals surface area contributed by atoms with Crippen LogP contribution in [0.5, 0.6) is 5.75 Å². The summed E-state index contributed by atoms with van der Waals surface area (Å²) in [5, 5.41) is 0.288. The van der Waals surface area contributed by atoms with Crippen molar-refractivity contribution in [2.24, 2.45) is 17.3 Å². The van der Waals surface area contributed by atoms with E-state index in [2.05, 4.69) is 22.9 Å². The first-order valence-electron chi connectivity index (χ1n) is 20.3.